The van der Waals surface area contributed by atoms with Crippen LogP contribution in [0, 0.1) is 0 Å². The van der Waals surface area contributed by atoms with Gasteiger partial charge in [-0.15, -0.1) is 0 Å². The number of hydrogen-bond donors (Lipinski definition) is 1. The summed E-state index contributed by atoms with van der Waals surface area (Å²) in [5.41, 5.74) is 3.40. The summed E-state index contributed by atoms with van der Waals surface area (Å²) in [4.78, 5) is 12.4. The molecule has 3 aromatic rings. The molecule has 154 valence electrons. The Morgan fingerprint density at radius 2 is 1.73 bits per heavy atom. The van der Waals surface area contributed by atoms with Gasteiger partial charge in [0.2, 0.25) is 0 Å². The van der Waals surface area contributed by atoms with Gasteiger partial charge in [0, 0.05) is 4.47 Å². The average Bonchev–Trinajstić information content (AvgIpc) is 2.75. The lowest BCUT2D eigenvalue weighted by atomic mass is 10.2. The summed E-state index contributed by atoms with van der Waals surface area (Å²) in [5.74, 6) is 0.157. The maximum absolute atomic E-state index is 12.3. The fraction of sp³-hybridized carbons (Fsp3) is 0.0476. The summed E-state index contributed by atoms with van der Waals surface area (Å²) in [6, 6.07) is 19.2. The number of amides is 1. The average molecular weight is 489 g/mol. The van der Waals surface area contributed by atoms with E-state index >= 15 is 0 Å². The third-order valence-corrected chi connectivity index (χ3v) is 5.66. The van der Waals surface area contributed by atoms with Crippen molar-refractivity contribution in [2.24, 2.45) is 5.10 Å². The Bertz CT molecular complexity index is 1160. The second kappa shape index (κ2) is 9.55. The summed E-state index contributed by atoms with van der Waals surface area (Å²) < 4.78 is 35.5. The third-order valence-electron chi connectivity index (χ3n) is 3.90. The van der Waals surface area contributed by atoms with Crippen LogP contribution in [0.4, 0.5) is 0 Å². The SMILES string of the molecule is COc1ccc(Br)cc1C(=O)NN=Cc1ccc(OS(=O)(=O)c2ccccc2)cc1. The number of halogens is 1. The Morgan fingerprint density at radius 3 is 2.40 bits per heavy atom. The van der Waals surface area contributed by atoms with E-state index in [1.54, 1.807) is 48.5 Å². The van der Waals surface area contributed by atoms with E-state index < -0.39 is 16.0 Å². The van der Waals surface area contributed by atoms with E-state index in [4.69, 9.17) is 8.92 Å². The molecule has 30 heavy (non-hydrogen) atoms. The number of carbonyl (C=O) groups is 1. The largest absolute Gasteiger partial charge is 0.496 e. The highest BCUT2D eigenvalue weighted by Crippen LogP contribution is 2.23. The van der Waals surface area contributed by atoms with Crippen LogP contribution >= 0.6 is 15.9 Å². The van der Waals surface area contributed by atoms with Gasteiger partial charge >= 0.3 is 10.1 Å². The maximum atomic E-state index is 12.3. The lowest BCUT2D eigenvalue weighted by Crippen LogP contribution is -2.18. The summed E-state index contributed by atoms with van der Waals surface area (Å²) in [7, 11) is -2.42. The molecule has 9 heteroatoms. The second-order valence-corrected chi connectivity index (χ2v) is 8.43. The van der Waals surface area contributed by atoms with Crippen molar-refractivity contribution in [1.82, 2.24) is 5.43 Å². The Kier molecular flexibility index (Phi) is 6.86. The van der Waals surface area contributed by atoms with Gasteiger partial charge in [0.15, 0.2) is 0 Å². The van der Waals surface area contributed by atoms with Crippen molar-refractivity contribution in [3.8, 4) is 11.5 Å². The van der Waals surface area contributed by atoms with E-state index in [1.807, 2.05) is 0 Å². The minimum atomic E-state index is -3.90. The molecule has 7 nitrogen and oxygen atoms in total. The highest BCUT2D eigenvalue weighted by molar-refractivity contribution is 9.10. The van der Waals surface area contributed by atoms with Crippen molar-refractivity contribution < 1.29 is 22.1 Å². The van der Waals surface area contributed by atoms with Crippen LogP contribution in [0.2, 0.25) is 0 Å². The Morgan fingerprint density at radius 1 is 1.03 bits per heavy atom. The monoisotopic (exact) mass is 488 g/mol. The van der Waals surface area contributed by atoms with Crippen LogP contribution in [0.3, 0.4) is 0 Å². The molecule has 0 fully saturated rings. The highest BCUT2D eigenvalue weighted by atomic mass is 79.9. The van der Waals surface area contributed by atoms with Crippen LogP contribution < -0.4 is 14.3 Å². The third kappa shape index (κ3) is 5.46. The van der Waals surface area contributed by atoms with Gasteiger partial charge in [-0.3, -0.25) is 4.79 Å². The zero-order valence-electron chi connectivity index (χ0n) is 15.8. The van der Waals surface area contributed by atoms with E-state index in [0.717, 1.165) is 4.47 Å². The van der Waals surface area contributed by atoms with Crippen LogP contribution in [0.1, 0.15) is 15.9 Å². The first-order valence-corrected chi connectivity index (χ1v) is 10.9. The number of hydrogen-bond acceptors (Lipinski definition) is 6. The molecular weight excluding hydrogens is 472 g/mol. The molecule has 0 aliphatic heterocycles. The van der Waals surface area contributed by atoms with Gasteiger partial charge in [0.25, 0.3) is 5.91 Å². The van der Waals surface area contributed by atoms with E-state index in [1.165, 1.54) is 37.6 Å². The van der Waals surface area contributed by atoms with Crippen LogP contribution in [0.25, 0.3) is 0 Å². The number of nitrogens with one attached hydrogen (secondary N) is 1. The number of benzene rings is 3. The Hall–Kier alpha value is -3.17. The van der Waals surface area contributed by atoms with Crippen LogP contribution in [-0.4, -0.2) is 27.6 Å². The summed E-state index contributed by atoms with van der Waals surface area (Å²) in [6.07, 6.45) is 1.43. The summed E-state index contributed by atoms with van der Waals surface area (Å²) in [6.45, 7) is 0. The Labute approximate surface area is 182 Å². The molecule has 1 amide bonds. The maximum Gasteiger partial charge on any atom is 0.339 e. The van der Waals surface area contributed by atoms with E-state index in [0.29, 0.717) is 16.9 Å². The van der Waals surface area contributed by atoms with Gasteiger partial charge in [-0.2, -0.15) is 13.5 Å². The molecule has 0 aromatic heterocycles. The summed E-state index contributed by atoms with van der Waals surface area (Å²) >= 11 is 3.31. The molecule has 3 rings (SSSR count). The first-order chi connectivity index (χ1) is 14.4. The minimum Gasteiger partial charge on any atom is -0.496 e. The molecule has 0 unspecified atom stereocenters. The summed E-state index contributed by atoms with van der Waals surface area (Å²) in [5, 5.41) is 3.92. The molecule has 0 radical (unpaired) electrons. The van der Waals surface area contributed by atoms with Gasteiger partial charge < -0.3 is 8.92 Å². The quantitative estimate of drug-likeness (QED) is 0.308. The van der Waals surface area contributed by atoms with Crippen molar-refractivity contribution >= 4 is 38.2 Å². The zero-order valence-corrected chi connectivity index (χ0v) is 18.2. The van der Waals surface area contributed by atoms with Crippen molar-refractivity contribution in [2.45, 2.75) is 4.90 Å². The van der Waals surface area contributed by atoms with Crippen molar-refractivity contribution in [3.05, 3.63) is 88.4 Å². The van der Waals surface area contributed by atoms with Gasteiger partial charge in [-0.1, -0.05) is 34.1 Å². The number of ether oxygens (including phenoxy) is 1. The number of methoxy groups -OCH3 is 1. The standard InChI is InChI=1S/C21H17BrN2O5S/c1-28-20-12-9-16(22)13-19(20)21(25)24-23-14-15-7-10-17(11-8-15)29-30(26,27)18-5-3-2-4-6-18/h2-14H,1H3,(H,24,25). The van der Waals surface area contributed by atoms with E-state index in [2.05, 4.69) is 26.5 Å². The molecule has 0 aliphatic rings. The molecular formula is C21H17BrN2O5S. The fourth-order valence-corrected chi connectivity index (χ4v) is 3.77. The van der Waals surface area contributed by atoms with Crippen molar-refractivity contribution in [3.63, 3.8) is 0 Å². The predicted octanol–water partition coefficient (Wildman–Crippen LogP) is 3.99. The normalized spacial score (nSPS) is 11.3. The molecule has 1 N–H and O–H groups in total. The zero-order chi connectivity index (χ0) is 21.6. The van der Waals surface area contributed by atoms with Gasteiger partial charge in [-0.25, -0.2) is 5.43 Å². The molecule has 0 saturated carbocycles. The first-order valence-electron chi connectivity index (χ1n) is 8.65. The van der Waals surface area contributed by atoms with E-state index in [-0.39, 0.29) is 10.6 Å². The molecule has 0 aliphatic carbocycles. The van der Waals surface area contributed by atoms with Crippen molar-refractivity contribution in [1.29, 1.82) is 0 Å². The molecule has 0 atom stereocenters. The van der Waals surface area contributed by atoms with Gasteiger partial charge in [-0.05, 0) is 60.2 Å². The molecule has 0 saturated heterocycles. The van der Waals surface area contributed by atoms with Crippen molar-refractivity contribution in [2.75, 3.05) is 7.11 Å². The lowest BCUT2D eigenvalue weighted by Gasteiger charge is -2.07. The molecule has 0 heterocycles. The van der Waals surface area contributed by atoms with Gasteiger partial charge in [0.05, 0.1) is 18.9 Å². The fourth-order valence-electron chi connectivity index (χ4n) is 2.45. The van der Waals surface area contributed by atoms with Crippen LogP contribution in [0.5, 0.6) is 11.5 Å². The van der Waals surface area contributed by atoms with Crippen LogP contribution in [-0.2, 0) is 10.1 Å². The van der Waals surface area contributed by atoms with Gasteiger partial charge in [0.1, 0.15) is 16.4 Å². The number of hydrazone groups is 1. The molecule has 0 bridgehead atoms. The number of rotatable bonds is 7. The number of nitrogens with zero attached hydrogens (tertiary/aromatic N) is 1. The minimum absolute atomic E-state index is 0.0707. The molecule has 0 spiro atoms. The lowest BCUT2D eigenvalue weighted by molar-refractivity contribution is 0.0952. The smallest absolute Gasteiger partial charge is 0.339 e. The van der Waals surface area contributed by atoms with E-state index in [9.17, 15) is 13.2 Å². The highest BCUT2D eigenvalue weighted by Gasteiger charge is 2.16. The van der Waals surface area contributed by atoms with Crippen LogP contribution in [0.15, 0.2) is 87.3 Å². The topological polar surface area (TPSA) is 94.1 Å². The Balaban J connectivity index is 1.64. The first kappa shape index (κ1) is 21.5. The second-order valence-electron chi connectivity index (χ2n) is 5.96. The predicted molar refractivity (Wildman–Crippen MR) is 116 cm³/mol. The molecule has 3 aromatic carbocycles. The number of carbonyl (C=O) groups excluding carboxylic acids is 1.